The van der Waals surface area contributed by atoms with Gasteiger partial charge in [-0.25, -0.2) is 4.79 Å². The second-order valence-electron chi connectivity index (χ2n) is 3.73. The van der Waals surface area contributed by atoms with Crippen LogP contribution in [0.25, 0.3) is 0 Å². The molecule has 0 spiro atoms. The fraction of sp³-hybridized carbons (Fsp3) is 0.308. The first-order valence-electron chi connectivity index (χ1n) is 5.51. The van der Waals surface area contributed by atoms with Gasteiger partial charge in [0.05, 0.1) is 12.7 Å². The first kappa shape index (κ1) is 16.2. The normalized spacial score (nSPS) is 12.1. The summed E-state index contributed by atoms with van der Waals surface area (Å²) >= 11 is 3.96. The third-order valence-electron chi connectivity index (χ3n) is 2.33. The molecule has 0 aliphatic carbocycles. The highest BCUT2D eigenvalue weighted by Gasteiger charge is 2.29. The number of halogens is 3. The van der Waals surface area contributed by atoms with Crippen LogP contribution in [0.5, 0.6) is 0 Å². The van der Waals surface area contributed by atoms with Crippen molar-refractivity contribution < 1.29 is 22.7 Å². The second kappa shape index (κ2) is 7.10. The van der Waals surface area contributed by atoms with E-state index in [4.69, 9.17) is 0 Å². The minimum atomic E-state index is -4.37. The Bertz CT molecular complexity index is 517. The molecule has 1 aromatic rings. The van der Waals surface area contributed by atoms with Crippen LogP contribution in [0.15, 0.2) is 24.3 Å². The number of ether oxygens (including phenoxy) is 1. The lowest BCUT2D eigenvalue weighted by Crippen LogP contribution is -2.36. The van der Waals surface area contributed by atoms with E-state index in [0.717, 1.165) is 12.1 Å². The zero-order valence-electron chi connectivity index (χ0n) is 10.5. The van der Waals surface area contributed by atoms with E-state index in [1.54, 1.807) is 0 Å². The molecule has 0 saturated heterocycles. The molecule has 1 aromatic carbocycles. The molecule has 3 nitrogen and oxygen atoms in total. The number of hydrogen-bond acceptors (Lipinski definition) is 4. The van der Waals surface area contributed by atoms with Crippen LogP contribution in [0.4, 0.5) is 13.2 Å². The van der Waals surface area contributed by atoms with Gasteiger partial charge < -0.3 is 10.1 Å². The standard InChI is InChI=1S/C13H12F3NO2S/c1-19-12(18)11(8-20)17-7-6-9-2-4-10(5-3-9)13(14,15)16/h2-5,11,17,20H,8H2,1H3/t11-/m0/s1. The molecule has 0 saturated carbocycles. The van der Waals surface area contributed by atoms with Crippen LogP contribution >= 0.6 is 12.6 Å². The molecule has 108 valence electrons. The third-order valence-corrected chi connectivity index (χ3v) is 2.70. The molecule has 1 N–H and O–H groups in total. The number of esters is 1. The maximum Gasteiger partial charge on any atom is 0.416 e. The number of nitrogens with one attached hydrogen (secondary N) is 1. The Kier molecular flexibility index (Phi) is 5.77. The molecule has 0 unspecified atom stereocenters. The predicted octanol–water partition coefficient (Wildman–Crippen LogP) is 2.08. The average Bonchev–Trinajstić information content (AvgIpc) is 2.42. The summed E-state index contributed by atoms with van der Waals surface area (Å²) in [5.74, 6) is 2.27. The van der Waals surface area contributed by atoms with Gasteiger partial charge in [-0.3, -0.25) is 0 Å². The van der Waals surface area contributed by atoms with E-state index < -0.39 is 23.8 Å². The van der Waals surface area contributed by atoms with Gasteiger partial charge in [0, 0.05) is 17.4 Å². The summed E-state index contributed by atoms with van der Waals surface area (Å²) < 4.78 is 41.5. The Morgan fingerprint density at radius 1 is 1.40 bits per heavy atom. The molecule has 7 heteroatoms. The smallest absolute Gasteiger partial charge is 0.416 e. The molecule has 0 aliphatic heterocycles. The summed E-state index contributed by atoms with van der Waals surface area (Å²) in [6, 6.07) is 6.21. The van der Waals surface area contributed by atoms with Crippen molar-refractivity contribution >= 4 is 18.6 Å². The molecule has 0 bridgehead atoms. The Hall–Kier alpha value is -1.81. The molecule has 0 radical (unpaired) electrons. The van der Waals surface area contributed by atoms with Gasteiger partial charge in [-0.05, 0) is 30.2 Å². The number of carbonyl (C=O) groups is 1. The predicted molar refractivity (Wildman–Crippen MR) is 71.1 cm³/mol. The van der Waals surface area contributed by atoms with Crippen molar-refractivity contribution in [1.82, 2.24) is 5.32 Å². The van der Waals surface area contributed by atoms with E-state index in [1.165, 1.54) is 19.2 Å². The first-order chi connectivity index (χ1) is 9.38. The Balaban J connectivity index is 2.71. The SMILES string of the molecule is COC(=O)[C@H](CS)NC#Cc1ccc(C(F)(F)F)cc1. The minimum Gasteiger partial charge on any atom is -0.467 e. The minimum absolute atomic E-state index is 0.189. The molecule has 0 aromatic heterocycles. The number of methoxy groups -OCH3 is 1. The van der Waals surface area contributed by atoms with Gasteiger partial charge in [0.15, 0.2) is 0 Å². The van der Waals surface area contributed by atoms with Gasteiger partial charge in [-0.1, -0.05) is 0 Å². The van der Waals surface area contributed by atoms with Crippen molar-refractivity contribution in [3.8, 4) is 12.0 Å². The maximum atomic E-state index is 12.3. The summed E-state index contributed by atoms with van der Waals surface area (Å²) in [5.41, 5.74) is -0.341. The highest BCUT2D eigenvalue weighted by Crippen LogP contribution is 2.28. The van der Waals surface area contributed by atoms with E-state index in [-0.39, 0.29) is 5.75 Å². The summed E-state index contributed by atoms with van der Waals surface area (Å²) in [7, 11) is 1.24. The van der Waals surface area contributed by atoms with Gasteiger partial charge in [0.2, 0.25) is 0 Å². The van der Waals surface area contributed by atoms with Crippen LogP contribution in [0.2, 0.25) is 0 Å². The average molecular weight is 303 g/mol. The first-order valence-corrected chi connectivity index (χ1v) is 6.14. The van der Waals surface area contributed by atoms with Crippen LogP contribution in [0.1, 0.15) is 11.1 Å². The number of hydrogen-bond donors (Lipinski definition) is 2. The maximum absolute atomic E-state index is 12.3. The Labute approximate surface area is 119 Å². The van der Waals surface area contributed by atoms with Crippen molar-refractivity contribution in [2.24, 2.45) is 0 Å². The zero-order valence-corrected chi connectivity index (χ0v) is 11.4. The lowest BCUT2D eigenvalue weighted by molar-refractivity contribution is -0.142. The second-order valence-corrected chi connectivity index (χ2v) is 4.09. The summed E-state index contributed by atoms with van der Waals surface area (Å²) in [4.78, 5) is 11.2. The Morgan fingerprint density at radius 3 is 2.45 bits per heavy atom. The quantitative estimate of drug-likeness (QED) is 0.389. The van der Waals surface area contributed by atoms with Crippen LogP contribution < -0.4 is 5.32 Å². The molecule has 0 amide bonds. The third kappa shape index (κ3) is 4.70. The lowest BCUT2D eigenvalue weighted by atomic mass is 10.1. The Morgan fingerprint density at radius 2 is 2.00 bits per heavy atom. The van der Waals surface area contributed by atoms with Crippen LogP contribution in [0.3, 0.4) is 0 Å². The molecule has 20 heavy (non-hydrogen) atoms. The van der Waals surface area contributed by atoms with Crippen molar-refractivity contribution in [3.05, 3.63) is 35.4 Å². The van der Waals surface area contributed by atoms with Gasteiger partial charge in [0.25, 0.3) is 0 Å². The van der Waals surface area contributed by atoms with E-state index in [0.29, 0.717) is 5.56 Å². The molecular weight excluding hydrogens is 291 g/mol. The van der Waals surface area contributed by atoms with Crippen LogP contribution in [-0.4, -0.2) is 24.9 Å². The van der Waals surface area contributed by atoms with E-state index in [2.05, 4.69) is 34.6 Å². The topological polar surface area (TPSA) is 38.3 Å². The van der Waals surface area contributed by atoms with Crippen LogP contribution in [0, 0.1) is 12.0 Å². The molecule has 1 atom stereocenters. The molecule has 0 heterocycles. The van der Waals surface area contributed by atoms with Crippen molar-refractivity contribution in [3.63, 3.8) is 0 Å². The highest BCUT2D eigenvalue weighted by atomic mass is 32.1. The highest BCUT2D eigenvalue weighted by molar-refractivity contribution is 7.80. The van der Waals surface area contributed by atoms with Crippen molar-refractivity contribution in [1.29, 1.82) is 0 Å². The molecule has 0 fully saturated rings. The number of alkyl halides is 3. The number of carbonyl (C=O) groups excluding carboxylic acids is 1. The molecule has 1 rings (SSSR count). The summed E-state index contributed by atoms with van der Waals surface area (Å²) in [5, 5.41) is 2.58. The zero-order chi connectivity index (χ0) is 15.2. The van der Waals surface area contributed by atoms with Crippen molar-refractivity contribution in [2.75, 3.05) is 12.9 Å². The number of thiol groups is 1. The largest absolute Gasteiger partial charge is 0.467 e. The van der Waals surface area contributed by atoms with Gasteiger partial charge in [0.1, 0.15) is 6.04 Å². The lowest BCUT2D eigenvalue weighted by Gasteiger charge is -2.09. The van der Waals surface area contributed by atoms with E-state index in [1.807, 2.05) is 0 Å². The van der Waals surface area contributed by atoms with Gasteiger partial charge in [-0.2, -0.15) is 25.8 Å². The van der Waals surface area contributed by atoms with E-state index in [9.17, 15) is 18.0 Å². The van der Waals surface area contributed by atoms with Crippen LogP contribution in [-0.2, 0) is 15.7 Å². The number of rotatable bonds is 3. The van der Waals surface area contributed by atoms with Gasteiger partial charge in [-0.15, -0.1) is 0 Å². The monoisotopic (exact) mass is 303 g/mol. The fourth-order valence-electron chi connectivity index (χ4n) is 1.26. The van der Waals surface area contributed by atoms with E-state index >= 15 is 0 Å². The summed E-state index contributed by atoms with van der Waals surface area (Å²) in [6.45, 7) is 0. The molecular formula is C13H12F3NO2S. The fourth-order valence-corrected chi connectivity index (χ4v) is 1.50. The van der Waals surface area contributed by atoms with Gasteiger partial charge >= 0.3 is 12.1 Å². The number of benzene rings is 1. The summed E-state index contributed by atoms with van der Waals surface area (Å²) in [6.07, 6.45) is -4.37. The van der Waals surface area contributed by atoms with Crippen molar-refractivity contribution in [2.45, 2.75) is 12.2 Å². The molecule has 0 aliphatic rings.